The molecule has 1 atom stereocenters. The number of β-amino-alcohol motifs (C(OH)–C–C–N with tert-alkyl or cyclic N) is 1. The van der Waals surface area contributed by atoms with Crippen molar-refractivity contribution < 1.29 is 43.5 Å². The number of aliphatic hydroxyl groups is 2. The molecule has 0 spiro atoms. The zero-order valence-electron chi connectivity index (χ0n) is 18.9. The molecule has 1 aliphatic heterocycles. The molecule has 176 valence electrons. The van der Waals surface area contributed by atoms with Gasteiger partial charge in [0.15, 0.2) is 29.1 Å². The summed E-state index contributed by atoms with van der Waals surface area (Å²) in [6.07, 6.45) is -0.913. The zero-order chi connectivity index (χ0) is 24.3. The van der Waals surface area contributed by atoms with E-state index in [0.29, 0.717) is 34.4 Å². The van der Waals surface area contributed by atoms with E-state index in [0.717, 1.165) is 7.11 Å². The predicted molar refractivity (Wildman–Crippen MR) is 117 cm³/mol. The molecular weight excluding hydrogens is 422 g/mol. The Balaban J connectivity index is 0.000000318. The van der Waals surface area contributed by atoms with E-state index in [9.17, 15) is 14.7 Å². The number of ether oxygens (including phenoxy) is 5. The van der Waals surface area contributed by atoms with Gasteiger partial charge in [0.1, 0.15) is 0 Å². The van der Waals surface area contributed by atoms with Gasteiger partial charge in [0.25, 0.3) is 5.91 Å². The molecule has 1 amide bonds. The predicted octanol–water partition coefficient (Wildman–Crippen LogP) is 1.65. The minimum atomic E-state index is -0.913. The number of rotatable bonds is 6. The van der Waals surface area contributed by atoms with E-state index in [1.165, 1.54) is 40.3 Å². The second kappa shape index (κ2) is 13.0. The third-order valence-electron chi connectivity index (χ3n) is 4.19. The molecule has 3 rings (SSSR count). The van der Waals surface area contributed by atoms with Crippen molar-refractivity contribution in [3.63, 3.8) is 0 Å². The summed E-state index contributed by atoms with van der Waals surface area (Å²) in [4.78, 5) is 23.5. The fourth-order valence-corrected chi connectivity index (χ4v) is 2.72. The van der Waals surface area contributed by atoms with Crippen molar-refractivity contribution in [3.8, 4) is 28.7 Å². The average molecular weight is 451 g/mol. The van der Waals surface area contributed by atoms with E-state index < -0.39 is 6.10 Å². The maximum Gasteiger partial charge on any atom is 0.308 e. The molecule has 0 bridgehead atoms. The van der Waals surface area contributed by atoms with Crippen LogP contribution in [0.3, 0.4) is 0 Å². The molecule has 1 saturated heterocycles. The van der Waals surface area contributed by atoms with Crippen LogP contribution in [0.25, 0.3) is 0 Å². The number of nitrogens with zero attached hydrogens (tertiary/aromatic N) is 1. The number of esters is 1. The monoisotopic (exact) mass is 451 g/mol. The number of para-hydroxylation sites is 2. The lowest BCUT2D eigenvalue weighted by atomic mass is 10.1. The highest BCUT2D eigenvalue weighted by atomic mass is 16.6. The van der Waals surface area contributed by atoms with Gasteiger partial charge < -0.3 is 38.8 Å². The first kappa shape index (κ1) is 26.5. The van der Waals surface area contributed by atoms with Crippen molar-refractivity contribution in [2.75, 3.05) is 47.0 Å². The Morgan fingerprint density at radius 2 is 1.41 bits per heavy atom. The average Bonchev–Trinajstić information content (AvgIpc) is 2.82. The molecule has 10 nitrogen and oxygen atoms in total. The number of β-lactam (4-membered cyclic amide) rings is 1. The number of methoxy groups -OCH3 is 4. The Labute approximate surface area is 186 Å². The van der Waals surface area contributed by atoms with Crippen LogP contribution in [0, 0.1) is 0 Å². The summed E-state index contributed by atoms with van der Waals surface area (Å²) in [6.45, 7) is 1.63. The molecule has 1 unspecified atom stereocenters. The van der Waals surface area contributed by atoms with E-state index >= 15 is 0 Å². The molecule has 0 aromatic heterocycles. The van der Waals surface area contributed by atoms with Crippen molar-refractivity contribution in [1.82, 2.24) is 0 Å². The molecule has 2 aromatic carbocycles. The first-order valence-electron chi connectivity index (χ1n) is 9.41. The van der Waals surface area contributed by atoms with Gasteiger partial charge in [-0.05, 0) is 12.1 Å². The van der Waals surface area contributed by atoms with Gasteiger partial charge in [-0.15, -0.1) is 0 Å². The largest absolute Gasteiger partial charge is 0.493 e. The van der Waals surface area contributed by atoms with Crippen molar-refractivity contribution in [3.05, 3.63) is 36.4 Å². The summed E-state index contributed by atoms with van der Waals surface area (Å²) in [5, 5.41) is 16.2. The van der Waals surface area contributed by atoms with E-state index in [4.69, 9.17) is 28.8 Å². The highest BCUT2D eigenvalue weighted by molar-refractivity contribution is 6.03. The lowest BCUT2D eigenvalue weighted by Gasteiger charge is -2.35. The highest BCUT2D eigenvalue weighted by Crippen LogP contribution is 2.42. The number of aliphatic hydroxyl groups excluding tert-OH is 2. The zero-order valence-corrected chi connectivity index (χ0v) is 18.9. The van der Waals surface area contributed by atoms with Crippen LogP contribution in [0.15, 0.2) is 36.4 Å². The van der Waals surface area contributed by atoms with Crippen LogP contribution in [0.1, 0.15) is 6.92 Å². The van der Waals surface area contributed by atoms with Gasteiger partial charge in [-0.3, -0.25) is 9.59 Å². The molecule has 0 radical (unpaired) electrons. The van der Waals surface area contributed by atoms with Crippen LogP contribution in [0.4, 0.5) is 5.69 Å². The molecule has 0 saturated carbocycles. The molecule has 1 aliphatic rings. The third kappa shape index (κ3) is 6.50. The van der Waals surface area contributed by atoms with Crippen LogP contribution in [0.5, 0.6) is 28.7 Å². The lowest BCUT2D eigenvalue weighted by Crippen LogP contribution is -2.56. The summed E-state index contributed by atoms with van der Waals surface area (Å²) in [5.74, 6) is 1.75. The van der Waals surface area contributed by atoms with Crippen molar-refractivity contribution in [2.45, 2.75) is 13.0 Å². The van der Waals surface area contributed by atoms with Crippen molar-refractivity contribution >= 4 is 17.6 Å². The molecule has 2 N–H and O–H groups in total. The Morgan fingerprint density at radius 3 is 1.78 bits per heavy atom. The van der Waals surface area contributed by atoms with Crippen molar-refractivity contribution in [2.24, 2.45) is 0 Å². The number of carbonyl (C=O) groups is 2. The number of amides is 1. The second-order valence-corrected chi connectivity index (χ2v) is 6.09. The minimum Gasteiger partial charge on any atom is -0.493 e. The first-order chi connectivity index (χ1) is 15.4. The number of hydrogen-bond donors (Lipinski definition) is 2. The van der Waals surface area contributed by atoms with E-state index in [1.54, 1.807) is 30.3 Å². The molecular formula is C22H29NO9. The van der Waals surface area contributed by atoms with Crippen LogP contribution in [0.2, 0.25) is 0 Å². The maximum absolute atomic E-state index is 11.5. The fraction of sp³-hybridized carbons (Fsp3) is 0.364. The Morgan fingerprint density at radius 1 is 0.906 bits per heavy atom. The molecule has 1 heterocycles. The summed E-state index contributed by atoms with van der Waals surface area (Å²) in [6, 6.07) is 10.3. The second-order valence-electron chi connectivity index (χ2n) is 6.09. The Bertz CT molecular complexity index is 876. The summed E-state index contributed by atoms with van der Waals surface area (Å²) in [5.41, 5.74) is 0.611. The first-order valence-corrected chi connectivity index (χ1v) is 9.41. The smallest absolute Gasteiger partial charge is 0.308 e. The number of benzene rings is 2. The third-order valence-corrected chi connectivity index (χ3v) is 4.19. The van der Waals surface area contributed by atoms with Crippen LogP contribution in [-0.2, 0) is 9.59 Å². The molecule has 1 fully saturated rings. The van der Waals surface area contributed by atoms with E-state index in [-0.39, 0.29) is 18.4 Å². The lowest BCUT2D eigenvalue weighted by molar-refractivity contribution is -0.133. The Hall–Kier alpha value is -3.50. The van der Waals surface area contributed by atoms with Crippen molar-refractivity contribution in [1.29, 1.82) is 0 Å². The molecule has 2 aromatic rings. The maximum atomic E-state index is 11.5. The highest BCUT2D eigenvalue weighted by Gasteiger charge is 2.36. The quantitative estimate of drug-likeness (QED) is 0.383. The SMILES string of the molecule is CO.COc1cc(N2CC(O)C2=O)cc(OC)c1OC.COc1ccccc1OC(C)=O. The van der Waals surface area contributed by atoms with Gasteiger partial charge in [0, 0.05) is 26.2 Å². The van der Waals surface area contributed by atoms with Crippen LogP contribution < -0.4 is 28.6 Å². The molecule has 0 aliphatic carbocycles. The standard InChI is InChI=1S/C12H15NO5.C9H10O3.CH4O/c1-16-9-4-7(13-6-8(14)12(13)15)5-10(17-2)11(9)18-3;1-7(10)12-9-6-4-3-5-8(9)11-2;1-2/h4-5,8,14H,6H2,1-3H3;3-6H,1-2H3;2H,1H3. The van der Waals surface area contributed by atoms with Gasteiger partial charge in [0.05, 0.1) is 40.7 Å². The number of anilines is 1. The van der Waals surface area contributed by atoms with Crippen LogP contribution in [-0.4, -0.2) is 70.3 Å². The van der Waals surface area contributed by atoms with Gasteiger partial charge in [0.2, 0.25) is 5.75 Å². The van der Waals surface area contributed by atoms with Gasteiger partial charge in [-0.25, -0.2) is 0 Å². The number of carbonyl (C=O) groups excluding carboxylic acids is 2. The van der Waals surface area contributed by atoms with E-state index in [1.807, 2.05) is 6.07 Å². The van der Waals surface area contributed by atoms with E-state index in [2.05, 4.69) is 0 Å². The fourth-order valence-electron chi connectivity index (χ4n) is 2.72. The van der Waals surface area contributed by atoms with Gasteiger partial charge >= 0.3 is 5.97 Å². The Kier molecular flexibility index (Phi) is 10.8. The summed E-state index contributed by atoms with van der Waals surface area (Å²) in [7, 11) is 7.06. The van der Waals surface area contributed by atoms with Gasteiger partial charge in [-0.2, -0.15) is 0 Å². The minimum absolute atomic E-state index is 0.275. The normalized spacial score (nSPS) is 13.9. The van der Waals surface area contributed by atoms with Crippen LogP contribution >= 0.6 is 0 Å². The summed E-state index contributed by atoms with van der Waals surface area (Å²) >= 11 is 0. The topological polar surface area (TPSA) is 124 Å². The molecule has 10 heteroatoms. The number of hydrogen-bond acceptors (Lipinski definition) is 9. The van der Waals surface area contributed by atoms with Gasteiger partial charge in [-0.1, -0.05) is 12.1 Å². The summed E-state index contributed by atoms with van der Waals surface area (Å²) < 4.78 is 25.4. The molecule has 32 heavy (non-hydrogen) atoms.